The summed E-state index contributed by atoms with van der Waals surface area (Å²) in [4.78, 5) is 29.7. The molecular formula is C55H34N6O. The third kappa shape index (κ3) is 5.74. The molecule has 1 spiro atoms. The van der Waals surface area contributed by atoms with E-state index < -0.39 is 5.41 Å². The zero-order valence-electron chi connectivity index (χ0n) is 33.2. The molecule has 5 heterocycles. The molecule has 1 aliphatic heterocycles. The van der Waals surface area contributed by atoms with Crippen LogP contribution in [0.3, 0.4) is 0 Å². The molecule has 0 N–H and O–H groups in total. The summed E-state index contributed by atoms with van der Waals surface area (Å²) < 4.78 is 6.66. The minimum absolute atomic E-state index is 0.598. The van der Waals surface area contributed by atoms with Crippen molar-refractivity contribution >= 4 is 0 Å². The van der Waals surface area contributed by atoms with Crippen molar-refractivity contribution in [3.63, 3.8) is 0 Å². The number of aromatic nitrogens is 6. The van der Waals surface area contributed by atoms with Gasteiger partial charge < -0.3 is 4.74 Å². The lowest BCUT2D eigenvalue weighted by Gasteiger charge is -2.39. The van der Waals surface area contributed by atoms with Crippen LogP contribution in [-0.4, -0.2) is 29.9 Å². The van der Waals surface area contributed by atoms with Crippen LogP contribution in [0.2, 0.25) is 0 Å². The molecule has 0 saturated carbocycles. The van der Waals surface area contributed by atoms with E-state index in [2.05, 4.69) is 94.9 Å². The number of rotatable bonds is 6. The minimum atomic E-state index is -0.660. The van der Waals surface area contributed by atoms with Gasteiger partial charge in [-0.25, -0.2) is 19.9 Å². The molecule has 1 aliphatic carbocycles. The van der Waals surface area contributed by atoms with E-state index >= 15 is 0 Å². The van der Waals surface area contributed by atoms with E-state index in [1.807, 2.05) is 109 Å². The van der Waals surface area contributed by atoms with Gasteiger partial charge in [0.1, 0.15) is 11.5 Å². The maximum atomic E-state index is 6.66. The van der Waals surface area contributed by atoms with Gasteiger partial charge in [-0.1, -0.05) is 133 Å². The first-order valence-corrected chi connectivity index (χ1v) is 20.6. The molecule has 0 bridgehead atoms. The molecule has 7 heteroatoms. The summed E-state index contributed by atoms with van der Waals surface area (Å²) >= 11 is 0. The topological polar surface area (TPSA) is 86.6 Å². The van der Waals surface area contributed by atoms with E-state index in [1.54, 1.807) is 12.4 Å². The SMILES string of the molecule is c1ccc(-c2nc(-c3ccccc3)nc(-c3ccc4c(c3)-c3cc(-c5cc(-c6ccccn6)nc(-c6ccccn6)c5)ccc3C43c4ccccc4Oc4ccccc43)n2)cc1. The van der Waals surface area contributed by atoms with Crippen LogP contribution < -0.4 is 4.74 Å². The van der Waals surface area contributed by atoms with Crippen molar-refractivity contribution < 1.29 is 4.74 Å². The highest BCUT2D eigenvalue weighted by Gasteiger charge is 2.51. The summed E-state index contributed by atoms with van der Waals surface area (Å²) in [5.74, 6) is 3.51. The van der Waals surface area contributed by atoms with E-state index in [9.17, 15) is 0 Å². The number of fused-ring (bicyclic) bond motifs is 9. The molecule has 290 valence electrons. The van der Waals surface area contributed by atoms with Gasteiger partial charge in [-0.15, -0.1) is 0 Å². The number of nitrogens with zero attached hydrogens (tertiary/aromatic N) is 6. The smallest absolute Gasteiger partial charge is 0.164 e. The molecular weight excluding hydrogens is 761 g/mol. The molecule has 0 atom stereocenters. The van der Waals surface area contributed by atoms with Gasteiger partial charge in [0.15, 0.2) is 17.5 Å². The van der Waals surface area contributed by atoms with Gasteiger partial charge in [-0.2, -0.15) is 0 Å². The van der Waals surface area contributed by atoms with Crippen LogP contribution in [0.4, 0.5) is 0 Å². The summed E-state index contributed by atoms with van der Waals surface area (Å²) in [7, 11) is 0. The quantitative estimate of drug-likeness (QED) is 0.166. The third-order valence-corrected chi connectivity index (χ3v) is 11.9. The summed E-state index contributed by atoms with van der Waals surface area (Å²) in [5.41, 5.74) is 14.0. The first kappa shape index (κ1) is 35.5. The van der Waals surface area contributed by atoms with Crippen molar-refractivity contribution in [3.8, 4) is 90.7 Å². The molecule has 7 nitrogen and oxygen atoms in total. The number of ether oxygens (including phenoxy) is 1. The van der Waals surface area contributed by atoms with E-state index in [1.165, 1.54) is 5.56 Å². The fraction of sp³-hybridized carbons (Fsp3) is 0.0182. The number of pyridine rings is 3. The van der Waals surface area contributed by atoms with Crippen LogP contribution in [0.25, 0.3) is 79.2 Å². The second kappa shape index (κ2) is 14.4. The number of para-hydroxylation sites is 2. The molecule has 0 fully saturated rings. The van der Waals surface area contributed by atoms with Crippen molar-refractivity contribution in [2.45, 2.75) is 5.41 Å². The second-order valence-corrected chi connectivity index (χ2v) is 15.5. The van der Waals surface area contributed by atoms with Crippen LogP contribution in [0.1, 0.15) is 22.3 Å². The molecule has 0 radical (unpaired) electrons. The van der Waals surface area contributed by atoms with E-state index in [4.69, 9.17) is 24.7 Å². The Kier molecular flexibility index (Phi) is 8.25. The fourth-order valence-corrected chi connectivity index (χ4v) is 9.15. The Morgan fingerprint density at radius 1 is 0.306 bits per heavy atom. The van der Waals surface area contributed by atoms with E-state index in [0.717, 1.165) is 89.9 Å². The van der Waals surface area contributed by atoms with Gasteiger partial charge in [0.2, 0.25) is 0 Å². The van der Waals surface area contributed by atoms with Gasteiger partial charge in [-0.05, 0) is 94.0 Å². The summed E-state index contributed by atoms with van der Waals surface area (Å²) in [6.45, 7) is 0. The lowest BCUT2D eigenvalue weighted by atomic mass is 9.66. The van der Waals surface area contributed by atoms with Crippen molar-refractivity contribution in [2.75, 3.05) is 0 Å². The van der Waals surface area contributed by atoms with Gasteiger partial charge in [0.05, 0.1) is 28.2 Å². The van der Waals surface area contributed by atoms with E-state index in [-0.39, 0.29) is 0 Å². The van der Waals surface area contributed by atoms with Crippen molar-refractivity contribution in [1.82, 2.24) is 29.9 Å². The highest BCUT2D eigenvalue weighted by molar-refractivity contribution is 5.92. The first-order valence-electron chi connectivity index (χ1n) is 20.6. The average Bonchev–Trinajstić information content (AvgIpc) is 3.64. The van der Waals surface area contributed by atoms with Crippen LogP contribution in [0, 0.1) is 0 Å². The molecule has 0 saturated heterocycles. The largest absolute Gasteiger partial charge is 0.457 e. The Morgan fingerprint density at radius 3 is 1.27 bits per heavy atom. The van der Waals surface area contributed by atoms with Crippen LogP contribution in [0.15, 0.2) is 207 Å². The van der Waals surface area contributed by atoms with Crippen molar-refractivity contribution in [1.29, 1.82) is 0 Å². The van der Waals surface area contributed by atoms with Gasteiger partial charge in [-0.3, -0.25) is 9.97 Å². The highest BCUT2D eigenvalue weighted by atomic mass is 16.5. The molecule has 6 aromatic carbocycles. The second-order valence-electron chi connectivity index (χ2n) is 15.5. The molecule has 0 unspecified atom stereocenters. The summed E-state index contributed by atoms with van der Waals surface area (Å²) in [5, 5.41) is 0. The van der Waals surface area contributed by atoms with Gasteiger partial charge in [0, 0.05) is 40.2 Å². The molecule has 2 aliphatic rings. The first-order chi connectivity index (χ1) is 30.7. The Balaban J connectivity index is 1.11. The predicted octanol–water partition coefficient (Wildman–Crippen LogP) is 12.5. The van der Waals surface area contributed by atoms with Crippen molar-refractivity contribution in [2.24, 2.45) is 0 Å². The maximum absolute atomic E-state index is 6.66. The lowest BCUT2D eigenvalue weighted by Crippen LogP contribution is -2.32. The van der Waals surface area contributed by atoms with Crippen LogP contribution in [-0.2, 0) is 5.41 Å². The Morgan fingerprint density at radius 2 is 0.758 bits per heavy atom. The molecule has 4 aromatic heterocycles. The predicted molar refractivity (Wildman–Crippen MR) is 243 cm³/mol. The Labute approximate surface area is 358 Å². The van der Waals surface area contributed by atoms with E-state index in [0.29, 0.717) is 17.5 Å². The minimum Gasteiger partial charge on any atom is -0.457 e. The van der Waals surface area contributed by atoms with Crippen LogP contribution >= 0.6 is 0 Å². The monoisotopic (exact) mass is 794 g/mol. The van der Waals surface area contributed by atoms with Crippen LogP contribution in [0.5, 0.6) is 11.5 Å². The van der Waals surface area contributed by atoms with Crippen molar-refractivity contribution in [3.05, 3.63) is 229 Å². The fourth-order valence-electron chi connectivity index (χ4n) is 9.15. The lowest BCUT2D eigenvalue weighted by molar-refractivity contribution is 0.436. The summed E-state index contributed by atoms with van der Waals surface area (Å²) in [6, 6.07) is 66.6. The molecule has 12 rings (SSSR count). The molecule has 10 aromatic rings. The third-order valence-electron chi connectivity index (χ3n) is 11.9. The molecule has 0 amide bonds. The highest BCUT2D eigenvalue weighted by Crippen LogP contribution is 2.62. The number of hydrogen-bond donors (Lipinski definition) is 0. The number of benzene rings is 6. The normalized spacial score (nSPS) is 12.8. The Hall–Kier alpha value is -8.42. The Bertz CT molecular complexity index is 2980. The van der Waals surface area contributed by atoms with Gasteiger partial charge in [0.25, 0.3) is 0 Å². The molecule has 62 heavy (non-hydrogen) atoms. The average molecular weight is 795 g/mol. The zero-order chi connectivity index (χ0) is 41.0. The maximum Gasteiger partial charge on any atom is 0.164 e. The standard InChI is InChI=1S/C55H34N6O/c1-3-15-35(16-4-1)52-59-53(36-17-5-2-6-18-36)61-54(60-52)38-26-28-43-41(32-38)40-31-37(39-33-48(46-21-11-13-29-56-46)58-49(34-39)47-22-12-14-30-57-47)25-27-42(40)55(43)44-19-7-9-23-50(44)62-51-24-10-8-20-45(51)55/h1-34H. The zero-order valence-corrected chi connectivity index (χ0v) is 33.2. The van der Waals surface area contributed by atoms with Gasteiger partial charge >= 0.3 is 0 Å². The number of hydrogen-bond acceptors (Lipinski definition) is 7. The summed E-state index contributed by atoms with van der Waals surface area (Å²) in [6.07, 6.45) is 3.60.